The molecule has 122 valence electrons. The van der Waals surface area contributed by atoms with Crippen LogP contribution in [-0.2, 0) is 9.59 Å². The molecule has 0 radical (unpaired) electrons. The Hall–Kier alpha value is -2.37. The van der Waals surface area contributed by atoms with Gasteiger partial charge in [0.2, 0.25) is 5.91 Å². The molecule has 0 spiro atoms. The molecular formula is C17H21N3O3. The van der Waals surface area contributed by atoms with Gasteiger partial charge in [-0.1, -0.05) is 30.3 Å². The van der Waals surface area contributed by atoms with E-state index in [0.717, 1.165) is 18.4 Å². The number of hydrogen-bond acceptors (Lipinski definition) is 3. The van der Waals surface area contributed by atoms with Gasteiger partial charge in [0.05, 0.1) is 6.04 Å². The van der Waals surface area contributed by atoms with Crippen LogP contribution >= 0.6 is 0 Å². The molecule has 1 heterocycles. The number of carbonyl (C=O) groups excluding carboxylic acids is 3. The van der Waals surface area contributed by atoms with Gasteiger partial charge in [0.25, 0.3) is 5.91 Å². The molecule has 1 aliphatic carbocycles. The predicted octanol–water partition coefficient (Wildman–Crippen LogP) is 1.73. The molecule has 23 heavy (non-hydrogen) atoms. The second kappa shape index (κ2) is 6.40. The second-order valence-electron chi connectivity index (χ2n) is 6.18. The summed E-state index contributed by atoms with van der Waals surface area (Å²) >= 11 is 0. The third-order valence-electron chi connectivity index (χ3n) is 4.32. The van der Waals surface area contributed by atoms with E-state index in [-0.39, 0.29) is 30.3 Å². The number of rotatable bonds is 6. The maximum Gasteiger partial charge on any atom is 0.325 e. The lowest BCUT2D eigenvalue weighted by Crippen LogP contribution is -2.34. The van der Waals surface area contributed by atoms with E-state index in [0.29, 0.717) is 12.5 Å². The summed E-state index contributed by atoms with van der Waals surface area (Å²) in [6.45, 7) is 1.83. The summed E-state index contributed by atoms with van der Waals surface area (Å²) in [5.74, 6) is -0.310. The molecule has 1 saturated heterocycles. The predicted molar refractivity (Wildman–Crippen MR) is 84.4 cm³/mol. The van der Waals surface area contributed by atoms with E-state index in [1.807, 2.05) is 37.3 Å². The van der Waals surface area contributed by atoms with Crippen LogP contribution in [0.25, 0.3) is 0 Å². The van der Waals surface area contributed by atoms with Crippen LogP contribution in [0.3, 0.4) is 0 Å². The molecule has 4 amide bonds. The van der Waals surface area contributed by atoms with E-state index in [1.165, 1.54) is 4.90 Å². The number of urea groups is 1. The third-order valence-corrected chi connectivity index (χ3v) is 4.32. The minimum absolute atomic E-state index is 0.0518. The van der Waals surface area contributed by atoms with Crippen LogP contribution in [0.2, 0.25) is 0 Å². The van der Waals surface area contributed by atoms with Gasteiger partial charge in [-0.05, 0) is 31.7 Å². The van der Waals surface area contributed by atoms with Crippen molar-refractivity contribution < 1.29 is 14.4 Å². The zero-order valence-electron chi connectivity index (χ0n) is 13.1. The fourth-order valence-electron chi connectivity index (χ4n) is 2.79. The molecule has 3 rings (SSSR count). The lowest BCUT2D eigenvalue weighted by molar-refractivity contribution is -0.129. The number of hydrogen-bond donors (Lipinski definition) is 2. The first-order chi connectivity index (χ1) is 11.1. The van der Waals surface area contributed by atoms with E-state index < -0.39 is 6.04 Å². The minimum Gasteiger partial charge on any atom is -0.353 e. The van der Waals surface area contributed by atoms with Crippen molar-refractivity contribution in [2.45, 2.75) is 50.7 Å². The van der Waals surface area contributed by atoms with Crippen LogP contribution in [0, 0.1) is 0 Å². The van der Waals surface area contributed by atoms with Gasteiger partial charge >= 0.3 is 6.03 Å². The highest BCUT2D eigenvalue weighted by Gasteiger charge is 2.41. The van der Waals surface area contributed by atoms with E-state index in [2.05, 4.69) is 10.6 Å². The Morgan fingerprint density at radius 1 is 1.30 bits per heavy atom. The van der Waals surface area contributed by atoms with Crippen molar-refractivity contribution in [3.63, 3.8) is 0 Å². The van der Waals surface area contributed by atoms with Crippen molar-refractivity contribution in [2.75, 3.05) is 0 Å². The summed E-state index contributed by atoms with van der Waals surface area (Å²) < 4.78 is 0. The first-order valence-corrected chi connectivity index (χ1v) is 8.04. The van der Waals surface area contributed by atoms with E-state index in [1.54, 1.807) is 0 Å². The van der Waals surface area contributed by atoms with Gasteiger partial charge in [0, 0.05) is 12.5 Å². The van der Waals surface area contributed by atoms with E-state index in [9.17, 15) is 14.4 Å². The van der Waals surface area contributed by atoms with Crippen LogP contribution in [-0.4, -0.2) is 34.8 Å². The molecule has 1 aromatic rings. The number of imide groups is 1. The highest BCUT2D eigenvalue weighted by Crippen LogP contribution is 2.25. The van der Waals surface area contributed by atoms with Crippen LogP contribution < -0.4 is 10.6 Å². The average molecular weight is 315 g/mol. The van der Waals surface area contributed by atoms with Crippen molar-refractivity contribution in [3.05, 3.63) is 35.9 Å². The van der Waals surface area contributed by atoms with Gasteiger partial charge in [0.15, 0.2) is 0 Å². The molecule has 2 atom stereocenters. The Bertz CT molecular complexity index is 613. The van der Waals surface area contributed by atoms with E-state index in [4.69, 9.17) is 0 Å². The van der Waals surface area contributed by atoms with Crippen LogP contribution in [0.1, 0.15) is 44.2 Å². The molecule has 2 aliphatic rings. The van der Waals surface area contributed by atoms with Crippen molar-refractivity contribution in [1.82, 2.24) is 15.5 Å². The zero-order chi connectivity index (χ0) is 16.4. The largest absolute Gasteiger partial charge is 0.353 e. The SMILES string of the molecule is C[C@@H](c1ccccc1)N1C(=O)N[C@@H](CCC(=O)NC2CC2)C1=O. The minimum atomic E-state index is -0.612. The number of nitrogens with zero attached hydrogens (tertiary/aromatic N) is 1. The molecule has 2 N–H and O–H groups in total. The summed E-state index contributed by atoms with van der Waals surface area (Å²) in [5.41, 5.74) is 0.906. The lowest BCUT2D eigenvalue weighted by atomic mass is 10.1. The average Bonchev–Trinajstić information content (AvgIpc) is 3.31. The van der Waals surface area contributed by atoms with Crippen molar-refractivity contribution in [1.29, 1.82) is 0 Å². The molecule has 6 nitrogen and oxygen atoms in total. The molecular weight excluding hydrogens is 294 g/mol. The Morgan fingerprint density at radius 2 is 2.00 bits per heavy atom. The fourth-order valence-corrected chi connectivity index (χ4v) is 2.79. The van der Waals surface area contributed by atoms with Crippen molar-refractivity contribution in [2.24, 2.45) is 0 Å². The van der Waals surface area contributed by atoms with Crippen LogP contribution in [0.4, 0.5) is 4.79 Å². The molecule has 0 bridgehead atoms. The molecule has 1 aromatic carbocycles. The first kappa shape index (κ1) is 15.5. The molecule has 0 aromatic heterocycles. The smallest absolute Gasteiger partial charge is 0.325 e. The highest BCUT2D eigenvalue weighted by atomic mass is 16.2. The highest BCUT2D eigenvalue weighted by molar-refractivity contribution is 6.04. The summed E-state index contributed by atoms with van der Waals surface area (Å²) in [4.78, 5) is 37.6. The Labute approximate surface area is 135 Å². The van der Waals surface area contributed by atoms with Gasteiger partial charge in [0.1, 0.15) is 6.04 Å². The molecule has 1 aliphatic heterocycles. The van der Waals surface area contributed by atoms with Gasteiger partial charge in [-0.3, -0.25) is 14.5 Å². The standard InChI is InChI=1S/C17H21N3O3/c1-11(12-5-3-2-4-6-12)20-16(22)14(19-17(20)23)9-10-15(21)18-13-7-8-13/h2-6,11,13-14H,7-10H2,1H3,(H,18,21)(H,19,23)/t11-,14-/m0/s1. The van der Waals surface area contributed by atoms with Gasteiger partial charge in [-0.25, -0.2) is 4.79 Å². The maximum absolute atomic E-state index is 12.5. The Balaban J connectivity index is 1.59. The zero-order valence-corrected chi connectivity index (χ0v) is 13.1. The number of amides is 4. The summed E-state index contributed by atoms with van der Waals surface area (Å²) in [6, 6.07) is 8.41. The molecule has 2 fully saturated rings. The fraction of sp³-hybridized carbons (Fsp3) is 0.471. The maximum atomic E-state index is 12.5. The number of nitrogens with one attached hydrogen (secondary N) is 2. The summed E-state index contributed by atoms with van der Waals surface area (Å²) in [6.07, 6.45) is 2.66. The number of carbonyl (C=O) groups is 3. The van der Waals surface area contributed by atoms with Gasteiger partial charge in [-0.2, -0.15) is 0 Å². The molecule has 0 unspecified atom stereocenters. The summed E-state index contributed by atoms with van der Waals surface area (Å²) in [7, 11) is 0. The van der Waals surface area contributed by atoms with Gasteiger partial charge < -0.3 is 10.6 Å². The van der Waals surface area contributed by atoms with Crippen molar-refractivity contribution >= 4 is 17.8 Å². The van der Waals surface area contributed by atoms with Crippen LogP contribution in [0.5, 0.6) is 0 Å². The Kier molecular flexibility index (Phi) is 4.32. The van der Waals surface area contributed by atoms with Crippen LogP contribution in [0.15, 0.2) is 30.3 Å². The molecule has 1 saturated carbocycles. The van der Waals surface area contributed by atoms with Gasteiger partial charge in [-0.15, -0.1) is 0 Å². The number of benzene rings is 1. The van der Waals surface area contributed by atoms with Crippen molar-refractivity contribution in [3.8, 4) is 0 Å². The normalized spacial score (nSPS) is 22.0. The monoisotopic (exact) mass is 315 g/mol. The first-order valence-electron chi connectivity index (χ1n) is 8.04. The second-order valence-corrected chi connectivity index (χ2v) is 6.18. The summed E-state index contributed by atoms with van der Waals surface area (Å²) in [5, 5.41) is 5.57. The topological polar surface area (TPSA) is 78.5 Å². The van der Waals surface area contributed by atoms with E-state index >= 15 is 0 Å². The lowest BCUT2D eigenvalue weighted by Gasteiger charge is -2.21. The molecule has 6 heteroatoms. The third kappa shape index (κ3) is 3.52. The Morgan fingerprint density at radius 3 is 2.65 bits per heavy atom. The quantitative estimate of drug-likeness (QED) is 0.785.